The van der Waals surface area contributed by atoms with Crippen LogP contribution in [0.25, 0.3) is 11.0 Å². The van der Waals surface area contributed by atoms with Crippen molar-refractivity contribution in [3.05, 3.63) is 30.1 Å². The van der Waals surface area contributed by atoms with Gasteiger partial charge in [-0.2, -0.15) is 0 Å². The Morgan fingerprint density at radius 2 is 1.96 bits per heavy atom. The summed E-state index contributed by atoms with van der Waals surface area (Å²) in [5.41, 5.74) is 2.36. The highest BCUT2D eigenvalue weighted by Crippen LogP contribution is 2.22. The Kier molecular flexibility index (Phi) is 4.91. The maximum atomic E-state index is 12.9. The van der Waals surface area contributed by atoms with Crippen LogP contribution in [0.4, 0.5) is 0 Å². The van der Waals surface area contributed by atoms with Gasteiger partial charge in [0.15, 0.2) is 0 Å². The van der Waals surface area contributed by atoms with E-state index in [1.807, 2.05) is 23.1 Å². The maximum Gasteiger partial charge on any atom is 0.253 e. The third kappa shape index (κ3) is 3.59. The van der Waals surface area contributed by atoms with Gasteiger partial charge in [-0.25, -0.2) is 4.98 Å². The molecule has 2 N–H and O–H groups in total. The highest BCUT2D eigenvalue weighted by molar-refractivity contribution is 5.97. The highest BCUT2D eigenvalue weighted by Gasteiger charge is 2.30. The topological polar surface area (TPSA) is 78.1 Å². The van der Waals surface area contributed by atoms with E-state index in [2.05, 4.69) is 15.3 Å². The summed E-state index contributed by atoms with van der Waals surface area (Å²) >= 11 is 0. The van der Waals surface area contributed by atoms with Crippen molar-refractivity contribution in [1.82, 2.24) is 20.2 Å². The van der Waals surface area contributed by atoms with Crippen LogP contribution in [-0.2, 0) is 4.79 Å². The molecule has 138 valence electrons. The van der Waals surface area contributed by atoms with E-state index in [1.165, 1.54) is 19.3 Å². The fraction of sp³-hybridized carbons (Fsp3) is 0.550. The predicted octanol–water partition coefficient (Wildman–Crippen LogP) is 2.86. The Bertz CT molecular complexity index is 794. The number of imidazole rings is 1. The molecule has 0 radical (unpaired) electrons. The number of amides is 2. The average Bonchev–Trinajstić information content (AvgIpc) is 3.16. The maximum absolute atomic E-state index is 12.9. The summed E-state index contributed by atoms with van der Waals surface area (Å²) in [6, 6.07) is 5.84. The lowest BCUT2D eigenvalue weighted by Crippen LogP contribution is -2.47. The molecule has 2 heterocycles. The van der Waals surface area contributed by atoms with E-state index in [1.54, 1.807) is 6.33 Å². The van der Waals surface area contributed by atoms with Crippen LogP contribution in [0.3, 0.4) is 0 Å². The fourth-order valence-corrected chi connectivity index (χ4v) is 4.19. The number of carbonyl (C=O) groups is 2. The molecule has 1 saturated carbocycles. The van der Waals surface area contributed by atoms with Crippen LogP contribution in [0.1, 0.15) is 55.3 Å². The molecule has 2 aliphatic rings. The molecule has 26 heavy (non-hydrogen) atoms. The number of carbonyl (C=O) groups excluding carboxylic acids is 2. The SMILES string of the molecule is O=C(NC1CCCCC1)[C@H]1CCCN(C(=O)c2ccc3nc[nH]c3c2)C1. The van der Waals surface area contributed by atoms with Gasteiger partial charge < -0.3 is 15.2 Å². The van der Waals surface area contributed by atoms with Crippen LogP contribution in [0, 0.1) is 5.92 Å². The van der Waals surface area contributed by atoms with Gasteiger partial charge in [0, 0.05) is 24.7 Å². The van der Waals surface area contributed by atoms with E-state index in [0.29, 0.717) is 24.7 Å². The number of hydrogen-bond donors (Lipinski definition) is 2. The van der Waals surface area contributed by atoms with Gasteiger partial charge in [-0.05, 0) is 43.9 Å². The highest BCUT2D eigenvalue weighted by atomic mass is 16.2. The van der Waals surface area contributed by atoms with Gasteiger partial charge in [0.2, 0.25) is 5.91 Å². The van der Waals surface area contributed by atoms with Crippen LogP contribution in [0.2, 0.25) is 0 Å². The quantitative estimate of drug-likeness (QED) is 0.890. The van der Waals surface area contributed by atoms with Crippen LogP contribution in [0.15, 0.2) is 24.5 Å². The molecule has 1 saturated heterocycles. The van der Waals surface area contributed by atoms with E-state index >= 15 is 0 Å². The minimum atomic E-state index is -0.0921. The molecule has 1 aromatic carbocycles. The molecule has 6 nitrogen and oxygen atoms in total. The summed E-state index contributed by atoms with van der Waals surface area (Å²) in [6.45, 7) is 1.23. The lowest BCUT2D eigenvalue weighted by molar-refractivity contribution is -0.127. The Morgan fingerprint density at radius 3 is 2.81 bits per heavy atom. The van der Waals surface area contributed by atoms with Gasteiger partial charge in [0.25, 0.3) is 5.91 Å². The second kappa shape index (κ2) is 7.48. The number of hydrogen-bond acceptors (Lipinski definition) is 3. The zero-order valence-electron chi connectivity index (χ0n) is 15.0. The lowest BCUT2D eigenvalue weighted by Gasteiger charge is -2.33. The van der Waals surface area contributed by atoms with Gasteiger partial charge in [0.1, 0.15) is 0 Å². The number of fused-ring (bicyclic) bond motifs is 1. The van der Waals surface area contributed by atoms with Crippen LogP contribution < -0.4 is 5.32 Å². The Hall–Kier alpha value is -2.37. The molecule has 1 aromatic heterocycles. The van der Waals surface area contributed by atoms with Gasteiger partial charge >= 0.3 is 0 Å². The zero-order chi connectivity index (χ0) is 17.9. The molecular formula is C20H26N4O2. The van der Waals surface area contributed by atoms with Crippen LogP contribution in [-0.4, -0.2) is 45.8 Å². The van der Waals surface area contributed by atoms with E-state index in [-0.39, 0.29) is 17.7 Å². The monoisotopic (exact) mass is 354 g/mol. The summed E-state index contributed by atoms with van der Waals surface area (Å²) < 4.78 is 0. The van der Waals surface area contributed by atoms with Crippen LogP contribution in [0.5, 0.6) is 0 Å². The molecular weight excluding hydrogens is 328 g/mol. The first-order chi connectivity index (χ1) is 12.7. The largest absolute Gasteiger partial charge is 0.353 e. The van der Waals surface area contributed by atoms with E-state index in [9.17, 15) is 9.59 Å². The predicted molar refractivity (Wildman–Crippen MR) is 99.7 cm³/mol. The van der Waals surface area contributed by atoms with Crippen molar-refractivity contribution in [1.29, 1.82) is 0 Å². The molecule has 0 bridgehead atoms. The number of likely N-dealkylation sites (tertiary alicyclic amines) is 1. The lowest BCUT2D eigenvalue weighted by atomic mass is 9.92. The van der Waals surface area contributed by atoms with Crippen molar-refractivity contribution in [2.45, 2.75) is 51.0 Å². The molecule has 2 fully saturated rings. The summed E-state index contributed by atoms with van der Waals surface area (Å²) in [4.78, 5) is 34.6. The normalized spacial score (nSPS) is 21.7. The smallest absolute Gasteiger partial charge is 0.253 e. The molecule has 4 rings (SSSR count). The molecule has 1 atom stereocenters. The molecule has 2 amide bonds. The number of aromatic nitrogens is 2. The van der Waals surface area contributed by atoms with E-state index in [4.69, 9.17) is 0 Å². The second-order valence-electron chi connectivity index (χ2n) is 7.57. The Labute approximate surface area is 153 Å². The molecule has 1 aliphatic heterocycles. The van der Waals surface area contributed by atoms with Gasteiger partial charge in [0.05, 0.1) is 23.3 Å². The molecule has 0 unspecified atom stereocenters. The number of aromatic amines is 1. The standard InChI is InChI=1S/C20H26N4O2/c25-19(23-16-6-2-1-3-7-16)15-5-4-10-24(12-15)20(26)14-8-9-17-18(11-14)22-13-21-17/h8-9,11,13,15-16H,1-7,10,12H2,(H,21,22)(H,23,25)/t15-/m0/s1. The molecule has 6 heteroatoms. The second-order valence-corrected chi connectivity index (χ2v) is 7.57. The van der Waals surface area contributed by atoms with Crippen molar-refractivity contribution in [2.75, 3.05) is 13.1 Å². The zero-order valence-corrected chi connectivity index (χ0v) is 15.0. The molecule has 1 aliphatic carbocycles. The van der Waals surface area contributed by atoms with Crippen molar-refractivity contribution in [3.63, 3.8) is 0 Å². The molecule has 0 spiro atoms. The van der Waals surface area contributed by atoms with Crippen molar-refractivity contribution < 1.29 is 9.59 Å². The number of nitrogens with one attached hydrogen (secondary N) is 2. The molecule has 2 aromatic rings. The third-order valence-electron chi connectivity index (χ3n) is 5.70. The number of benzene rings is 1. The summed E-state index contributed by atoms with van der Waals surface area (Å²) in [6.07, 6.45) is 9.23. The van der Waals surface area contributed by atoms with Crippen molar-refractivity contribution >= 4 is 22.8 Å². The van der Waals surface area contributed by atoms with Gasteiger partial charge in [-0.15, -0.1) is 0 Å². The summed E-state index contributed by atoms with van der Waals surface area (Å²) in [5.74, 6) is 0.0283. The summed E-state index contributed by atoms with van der Waals surface area (Å²) in [7, 11) is 0. The van der Waals surface area contributed by atoms with Crippen molar-refractivity contribution in [2.24, 2.45) is 5.92 Å². The van der Waals surface area contributed by atoms with E-state index in [0.717, 1.165) is 36.7 Å². The van der Waals surface area contributed by atoms with Gasteiger partial charge in [-0.1, -0.05) is 19.3 Å². The first-order valence-electron chi connectivity index (χ1n) is 9.73. The number of rotatable bonds is 3. The minimum Gasteiger partial charge on any atom is -0.353 e. The Morgan fingerprint density at radius 1 is 1.12 bits per heavy atom. The number of piperidine rings is 1. The average molecular weight is 354 g/mol. The first kappa shape index (κ1) is 17.1. The van der Waals surface area contributed by atoms with E-state index < -0.39 is 0 Å². The Balaban J connectivity index is 1.40. The van der Waals surface area contributed by atoms with Crippen molar-refractivity contribution in [3.8, 4) is 0 Å². The fourth-order valence-electron chi connectivity index (χ4n) is 4.19. The first-order valence-corrected chi connectivity index (χ1v) is 9.73. The van der Waals surface area contributed by atoms with Crippen LogP contribution >= 0.6 is 0 Å². The third-order valence-corrected chi connectivity index (χ3v) is 5.70. The minimum absolute atomic E-state index is 0.00309. The van der Waals surface area contributed by atoms with Gasteiger partial charge in [-0.3, -0.25) is 9.59 Å². The number of nitrogens with zero attached hydrogens (tertiary/aromatic N) is 2. The summed E-state index contributed by atoms with van der Waals surface area (Å²) in [5, 5.41) is 3.22. The number of H-pyrrole nitrogens is 1.